The second-order valence-electron chi connectivity index (χ2n) is 3.38. The van der Waals surface area contributed by atoms with Gasteiger partial charge in [-0.2, -0.15) is 0 Å². The van der Waals surface area contributed by atoms with Gasteiger partial charge in [0, 0.05) is 4.91 Å². The SMILES string of the molecule is [N-]=[N+]=NC1[C@H](O)OC(COC=O)[C@@H](O)[C@@H]1OC=O. The van der Waals surface area contributed by atoms with Gasteiger partial charge in [-0.25, -0.2) is 0 Å². The molecule has 0 aliphatic carbocycles. The van der Waals surface area contributed by atoms with Crippen molar-refractivity contribution in [1.82, 2.24) is 0 Å². The Labute approximate surface area is 101 Å². The Morgan fingerprint density at radius 2 is 2.11 bits per heavy atom. The molecule has 1 fully saturated rings. The first-order valence-electron chi connectivity index (χ1n) is 4.85. The van der Waals surface area contributed by atoms with Crippen LogP contribution in [0.2, 0.25) is 0 Å². The Hall–Kier alpha value is -1.87. The van der Waals surface area contributed by atoms with Crippen LogP contribution in [0.5, 0.6) is 0 Å². The lowest BCUT2D eigenvalue weighted by Gasteiger charge is -2.39. The van der Waals surface area contributed by atoms with Crippen LogP contribution >= 0.6 is 0 Å². The van der Waals surface area contributed by atoms with Crippen molar-refractivity contribution in [2.75, 3.05) is 6.61 Å². The number of carbonyl (C=O) groups excluding carboxylic acids is 2. The van der Waals surface area contributed by atoms with E-state index < -0.39 is 30.6 Å². The quantitative estimate of drug-likeness (QED) is 0.254. The van der Waals surface area contributed by atoms with E-state index in [1.54, 1.807) is 0 Å². The molecule has 5 atom stereocenters. The number of aliphatic hydroxyl groups excluding tert-OH is 2. The van der Waals surface area contributed by atoms with Gasteiger partial charge in [-0.3, -0.25) is 9.59 Å². The van der Waals surface area contributed by atoms with Gasteiger partial charge in [-0.15, -0.1) is 0 Å². The maximum absolute atomic E-state index is 10.3. The van der Waals surface area contributed by atoms with E-state index in [1.807, 2.05) is 0 Å². The Kier molecular flexibility index (Phi) is 5.33. The maximum Gasteiger partial charge on any atom is 0.293 e. The molecule has 10 heteroatoms. The fraction of sp³-hybridized carbons (Fsp3) is 0.750. The highest BCUT2D eigenvalue weighted by Gasteiger charge is 2.46. The highest BCUT2D eigenvalue weighted by Crippen LogP contribution is 2.24. The molecule has 0 radical (unpaired) electrons. The van der Waals surface area contributed by atoms with Crippen molar-refractivity contribution in [1.29, 1.82) is 0 Å². The fourth-order valence-corrected chi connectivity index (χ4v) is 1.60. The zero-order valence-corrected chi connectivity index (χ0v) is 9.03. The van der Waals surface area contributed by atoms with Gasteiger partial charge < -0.3 is 24.4 Å². The number of aliphatic hydroxyl groups is 2. The van der Waals surface area contributed by atoms with Gasteiger partial charge in [-0.1, -0.05) is 5.11 Å². The molecule has 1 heterocycles. The van der Waals surface area contributed by atoms with Crippen molar-refractivity contribution in [2.24, 2.45) is 5.11 Å². The lowest BCUT2D eigenvalue weighted by molar-refractivity contribution is -0.252. The molecule has 1 aliphatic heterocycles. The first kappa shape index (κ1) is 14.2. The average molecular weight is 261 g/mol. The largest absolute Gasteiger partial charge is 0.465 e. The molecular formula is C8H11N3O7. The van der Waals surface area contributed by atoms with Crippen LogP contribution in [0.15, 0.2) is 5.11 Å². The normalized spacial score (nSPS) is 35.1. The van der Waals surface area contributed by atoms with E-state index in [1.165, 1.54) is 0 Å². The van der Waals surface area contributed by atoms with Crippen LogP contribution in [0.3, 0.4) is 0 Å². The predicted molar refractivity (Wildman–Crippen MR) is 52.8 cm³/mol. The number of hydrogen-bond acceptors (Lipinski definition) is 8. The molecule has 0 aromatic heterocycles. The summed E-state index contributed by atoms with van der Waals surface area (Å²) in [6.45, 7) is -0.162. The molecule has 0 aromatic rings. The third kappa shape index (κ3) is 3.08. The molecule has 0 spiro atoms. The monoisotopic (exact) mass is 261 g/mol. The average Bonchev–Trinajstić information content (AvgIpc) is 2.36. The number of nitrogens with zero attached hydrogens (tertiary/aromatic N) is 3. The van der Waals surface area contributed by atoms with E-state index in [0.717, 1.165) is 0 Å². The Bertz CT molecular complexity index is 346. The molecule has 100 valence electrons. The van der Waals surface area contributed by atoms with Crippen molar-refractivity contribution in [3.05, 3.63) is 10.4 Å². The standard InChI is InChI=1S/C8H11N3O7/c9-11-10-5-7(17-3-13)6(14)4(1-16-2-12)18-8(5)15/h2-8,14-15H,1H2/t4?,5?,6-,7-,8-/m1/s1. The molecule has 0 aromatic carbocycles. The van der Waals surface area contributed by atoms with Crippen molar-refractivity contribution >= 4 is 12.9 Å². The summed E-state index contributed by atoms with van der Waals surface area (Å²) in [4.78, 5) is 22.8. The summed E-state index contributed by atoms with van der Waals surface area (Å²) < 4.78 is 13.9. The number of carbonyl (C=O) groups is 2. The summed E-state index contributed by atoms with van der Waals surface area (Å²) >= 11 is 0. The minimum atomic E-state index is -1.59. The second-order valence-corrected chi connectivity index (χ2v) is 3.38. The summed E-state index contributed by atoms with van der Waals surface area (Å²) in [7, 11) is 0. The summed E-state index contributed by atoms with van der Waals surface area (Å²) in [5, 5.41) is 22.5. The summed E-state index contributed by atoms with van der Waals surface area (Å²) in [5.41, 5.74) is 8.31. The minimum absolute atomic E-state index is 0.0451. The first-order chi connectivity index (χ1) is 8.65. The van der Waals surface area contributed by atoms with Crippen molar-refractivity contribution in [3.63, 3.8) is 0 Å². The van der Waals surface area contributed by atoms with E-state index in [2.05, 4.69) is 19.5 Å². The lowest BCUT2D eigenvalue weighted by Crippen LogP contribution is -2.58. The van der Waals surface area contributed by atoms with Crippen LogP contribution in [0, 0.1) is 0 Å². The Morgan fingerprint density at radius 3 is 2.67 bits per heavy atom. The summed E-state index contributed by atoms with van der Waals surface area (Å²) in [6.07, 6.45) is -5.38. The lowest BCUT2D eigenvalue weighted by atomic mass is 9.97. The number of hydrogen-bond donors (Lipinski definition) is 2. The molecule has 2 N–H and O–H groups in total. The molecule has 0 saturated carbocycles. The van der Waals surface area contributed by atoms with E-state index in [4.69, 9.17) is 10.3 Å². The fourth-order valence-electron chi connectivity index (χ4n) is 1.60. The Balaban J connectivity index is 2.84. The van der Waals surface area contributed by atoms with Gasteiger partial charge >= 0.3 is 0 Å². The van der Waals surface area contributed by atoms with Gasteiger partial charge in [0.2, 0.25) is 0 Å². The molecule has 2 unspecified atom stereocenters. The van der Waals surface area contributed by atoms with E-state index in [0.29, 0.717) is 0 Å². The minimum Gasteiger partial charge on any atom is -0.465 e. The Morgan fingerprint density at radius 1 is 1.39 bits per heavy atom. The smallest absolute Gasteiger partial charge is 0.293 e. The third-order valence-electron chi connectivity index (χ3n) is 2.39. The maximum atomic E-state index is 10.3. The van der Waals surface area contributed by atoms with Crippen molar-refractivity contribution < 1.29 is 34.0 Å². The molecule has 1 rings (SSSR count). The number of azide groups is 1. The van der Waals surface area contributed by atoms with Crippen LogP contribution in [-0.4, -0.2) is 60.4 Å². The van der Waals surface area contributed by atoms with Crippen LogP contribution in [0.1, 0.15) is 0 Å². The third-order valence-corrected chi connectivity index (χ3v) is 2.39. The highest BCUT2D eigenvalue weighted by molar-refractivity contribution is 5.38. The van der Waals surface area contributed by atoms with Crippen molar-refractivity contribution in [3.8, 4) is 0 Å². The number of ether oxygens (including phenoxy) is 3. The van der Waals surface area contributed by atoms with Gasteiger partial charge in [0.05, 0.1) is 0 Å². The van der Waals surface area contributed by atoms with E-state index in [-0.39, 0.29) is 19.6 Å². The van der Waals surface area contributed by atoms with Gasteiger partial charge in [0.15, 0.2) is 6.29 Å². The molecule has 0 amide bonds. The van der Waals surface area contributed by atoms with E-state index >= 15 is 0 Å². The van der Waals surface area contributed by atoms with Crippen LogP contribution in [-0.2, 0) is 23.8 Å². The van der Waals surface area contributed by atoms with Gasteiger partial charge in [0.1, 0.15) is 31.0 Å². The highest BCUT2D eigenvalue weighted by atomic mass is 16.6. The second kappa shape index (κ2) is 6.77. The molecule has 1 saturated heterocycles. The van der Waals surface area contributed by atoms with Crippen LogP contribution < -0.4 is 0 Å². The first-order valence-corrected chi connectivity index (χ1v) is 4.85. The molecule has 1 aliphatic rings. The molecular weight excluding hydrogens is 250 g/mol. The van der Waals surface area contributed by atoms with Gasteiger partial charge in [-0.05, 0) is 5.53 Å². The summed E-state index contributed by atoms with van der Waals surface area (Å²) in [5.74, 6) is 0. The van der Waals surface area contributed by atoms with E-state index in [9.17, 15) is 19.8 Å². The van der Waals surface area contributed by atoms with Crippen molar-refractivity contribution in [2.45, 2.75) is 30.6 Å². The van der Waals surface area contributed by atoms with Crippen LogP contribution in [0.25, 0.3) is 10.4 Å². The zero-order chi connectivity index (χ0) is 13.5. The van der Waals surface area contributed by atoms with Gasteiger partial charge in [0.25, 0.3) is 12.9 Å². The summed E-state index contributed by atoms with van der Waals surface area (Å²) in [6, 6.07) is -1.29. The molecule has 0 bridgehead atoms. The predicted octanol–water partition coefficient (Wildman–Crippen LogP) is -1.54. The molecule has 10 nitrogen and oxygen atoms in total. The molecule has 18 heavy (non-hydrogen) atoms. The zero-order valence-electron chi connectivity index (χ0n) is 9.03. The topological polar surface area (TPSA) is 151 Å². The van der Waals surface area contributed by atoms with Crippen LogP contribution in [0.4, 0.5) is 0 Å². The number of rotatable bonds is 6.